The molecule has 8 nitrogen and oxygen atoms in total. The van der Waals surface area contributed by atoms with Gasteiger partial charge in [-0.3, -0.25) is 14.9 Å². The summed E-state index contributed by atoms with van der Waals surface area (Å²) in [5, 5.41) is 23.1. The van der Waals surface area contributed by atoms with Gasteiger partial charge in [-0.25, -0.2) is 0 Å². The molecule has 1 N–H and O–H groups in total. The van der Waals surface area contributed by atoms with Gasteiger partial charge in [0.25, 0.3) is 11.6 Å². The van der Waals surface area contributed by atoms with Crippen molar-refractivity contribution in [1.82, 2.24) is 0 Å². The second kappa shape index (κ2) is 11.5. The topological polar surface area (TPSA) is 114 Å². The van der Waals surface area contributed by atoms with Gasteiger partial charge in [-0.05, 0) is 63.8 Å². The molecule has 0 aliphatic rings. The molecule has 0 aliphatic heterocycles. The van der Waals surface area contributed by atoms with E-state index in [9.17, 15) is 20.2 Å². The first-order valence-electron chi connectivity index (χ1n) is 10.2. The van der Waals surface area contributed by atoms with E-state index in [4.69, 9.17) is 21.1 Å². The van der Waals surface area contributed by atoms with E-state index in [0.717, 1.165) is 17.2 Å². The third kappa shape index (κ3) is 6.38. The molecule has 0 bridgehead atoms. The smallest absolute Gasteiger partial charge is 0.271 e. The van der Waals surface area contributed by atoms with Gasteiger partial charge in [0.15, 0.2) is 11.5 Å². The SMILES string of the molecule is COc1cc(/C=C(\C#N)C(=O)Nc2cc([N+](=O)[O-])ccc2Cl)cc(Br)c1OCc1ccccc1C. The Morgan fingerprint density at radius 1 is 1.26 bits per heavy atom. The number of nitro benzene ring substituents is 1. The number of halogens is 2. The van der Waals surface area contributed by atoms with Crippen molar-refractivity contribution in [3.05, 3.63) is 96.5 Å². The van der Waals surface area contributed by atoms with Gasteiger partial charge in [-0.2, -0.15) is 5.26 Å². The molecule has 0 fully saturated rings. The van der Waals surface area contributed by atoms with Crippen LogP contribution in [0.25, 0.3) is 6.08 Å². The average Bonchev–Trinajstić information content (AvgIpc) is 2.83. The summed E-state index contributed by atoms with van der Waals surface area (Å²) in [5.41, 5.74) is 2.14. The molecule has 178 valence electrons. The van der Waals surface area contributed by atoms with Gasteiger partial charge >= 0.3 is 0 Å². The van der Waals surface area contributed by atoms with Crippen molar-refractivity contribution in [3.8, 4) is 17.6 Å². The van der Waals surface area contributed by atoms with Gasteiger partial charge in [-0.1, -0.05) is 35.9 Å². The van der Waals surface area contributed by atoms with Gasteiger partial charge < -0.3 is 14.8 Å². The molecule has 0 saturated heterocycles. The Labute approximate surface area is 215 Å². The fourth-order valence-corrected chi connectivity index (χ4v) is 3.85. The van der Waals surface area contributed by atoms with Crippen LogP contribution in [0.4, 0.5) is 11.4 Å². The number of methoxy groups -OCH3 is 1. The molecule has 35 heavy (non-hydrogen) atoms. The molecule has 0 saturated carbocycles. The Balaban J connectivity index is 1.85. The molecule has 0 aromatic heterocycles. The Kier molecular flexibility index (Phi) is 8.47. The van der Waals surface area contributed by atoms with Crippen LogP contribution < -0.4 is 14.8 Å². The largest absolute Gasteiger partial charge is 0.493 e. The van der Waals surface area contributed by atoms with E-state index in [2.05, 4.69) is 21.2 Å². The Morgan fingerprint density at radius 3 is 2.66 bits per heavy atom. The van der Waals surface area contributed by atoms with E-state index in [1.54, 1.807) is 12.1 Å². The number of carbonyl (C=O) groups excluding carboxylic acids is 1. The van der Waals surface area contributed by atoms with E-state index in [-0.39, 0.29) is 22.0 Å². The number of hydrogen-bond donors (Lipinski definition) is 1. The van der Waals surface area contributed by atoms with E-state index in [1.807, 2.05) is 37.3 Å². The van der Waals surface area contributed by atoms with Crippen LogP contribution in [0.2, 0.25) is 5.02 Å². The molecular weight excluding hydrogens is 538 g/mol. The number of rotatable bonds is 8. The molecule has 3 aromatic rings. The molecule has 3 rings (SSSR count). The summed E-state index contributed by atoms with van der Waals surface area (Å²) in [6.07, 6.45) is 1.36. The highest BCUT2D eigenvalue weighted by Gasteiger charge is 2.17. The van der Waals surface area contributed by atoms with E-state index in [0.29, 0.717) is 28.1 Å². The van der Waals surface area contributed by atoms with Gasteiger partial charge in [0.1, 0.15) is 18.2 Å². The number of nitrogens with one attached hydrogen (secondary N) is 1. The molecule has 0 spiro atoms. The Hall–Kier alpha value is -3.87. The highest BCUT2D eigenvalue weighted by atomic mass is 79.9. The number of ether oxygens (including phenoxy) is 2. The van der Waals surface area contributed by atoms with Gasteiger partial charge in [-0.15, -0.1) is 0 Å². The number of nitriles is 1. The van der Waals surface area contributed by atoms with Crippen molar-refractivity contribution in [2.75, 3.05) is 12.4 Å². The van der Waals surface area contributed by atoms with Crippen LogP contribution in [0.1, 0.15) is 16.7 Å². The molecule has 1 amide bonds. The van der Waals surface area contributed by atoms with Crippen LogP contribution in [0.5, 0.6) is 11.5 Å². The summed E-state index contributed by atoms with van der Waals surface area (Å²) >= 11 is 9.50. The van der Waals surface area contributed by atoms with E-state index in [1.165, 1.54) is 25.3 Å². The molecule has 10 heteroatoms. The first kappa shape index (κ1) is 25.7. The average molecular weight is 557 g/mol. The van der Waals surface area contributed by atoms with Gasteiger partial charge in [0.2, 0.25) is 0 Å². The zero-order valence-corrected chi connectivity index (χ0v) is 21.0. The lowest BCUT2D eigenvalue weighted by molar-refractivity contribution is -0.384. The third-order valence-electron chi connectivity index (χ3n) is 4.97. The Morgan fingerprint density at radius 2 is 2.00 bits per heavy atom. The van der Waals surface area contributed by atoms with E-state index < -0.39 is 10.8 Å². The minimum absolute atomic E-state index is 0.0192. The molecule has 0 heterocycles. The van der Waals surface area contributed by atoms with Gasteiger partial charge in [0.05, 0.1) is 27.2 Å². The fraction of sp³-hybridized carbons (Fsp3) is 0.120. The zero-order chi connectivity index (χ0) is 25.5. The first-order valence-corrected chi connectivity index (χ1v) is 11.3. The minimum Gasteiger partial charge on any atom is -0.493 e. The van der Waals surface area contributed by atoms with Crippen molar-refractivity contribution in [3.63, 3.8) is 0 Å². The second-order valence-electron chi connectivity index (χ2n) is 7.29. The monoisotopic (exact) mass is 555 g/mol. The summed E-state index contributed by atoms with van der Waals surface area (Å²) in [5.74, 6) is 0.0998. The molecule has 0 radical (unpaired) electrons. The predicted octanol–water partition coefficient (Wildman–Crippen LogP) is 6.45. The summed E-state index contributed by atoms with van der Waals surface area (Å²) in [7, 11) is 1.48. The second-order valence-corrected chi connectivity index (χ2v) is 8.56. The van der Waals surface area contributed by atoms with Crippen LogP contribution in [0, 0.1) is 28.4 Å². The van der Waals surface area contributed by atoms with Crippen molar-refractivity contribution in [1.29, 1.82) is 5.26 Å². The minimum atomic E-state index is -0.773. The number of benzene rings is 3. The number of amides is 1. The predicted molar refractivity (Wildman–Crippen MR) is 137 cm³/mol. The van der Waals surface area contributed by atoms with Crippen LogP contribution >= 0.6 is 27.5 Å². The maximum Gasteiger partial charge on any atom is 0.271 e. The number of hydrogen-bond acceptors (Lipinski definition) is 6. The van der Waals surface area contributed by atoms with E-state index >= 15 is 0 Å². The summed E-state index contributed by atoms with van der Waals surface area (Å²) in [4.78, 5) is 23.1. The lowest BCUT2D eigenvalue weighted by Crippen LogP contribution is -2.14. The van der Waals surface area contributed by atoms with Crippen LogP contribution in [-0.4, -0.2) is 17.9 Å². The standard InChI is InChI=1S/C25H19BrClN3O5/c1-15-5-3-4-6-17(15)14-35-24-20(26)10-16(11-23(24)34-2)9-18(13-28)25(31)29-22-12-19(30(32)33)7-8-21(22)27/h3-12H,14H2,1-2H3,(H,29,31)/b18-9+. The Bertz CT molecular complexity index is 1370. The molecule has 3 aromatic carbocycles. The summed E-state index contributed by atoms with van der Waals surface area (Å²) in [6.45, 7) is 2.32. The highest BCUT2D eigenvalue weighted by molar-refractivity contribution is 9.10. The highest BCUT2D eigenvalue weighted by Crippen LogP contribution is 2.38. The number of non-ortho nitro benzene ring substituents is 1. The van der Waals surface area contributed by atoms with Crippen molar-refractivity contribution >= 4 is 50.9 Å². The maximum atomic E-state index is 12.7. The number of nitro groups is 1. The quantitative estimate of drug-likeness (QED) is 0.148. The normalized spacial score (nSPS) is 10.9. The number of anilines is 1. The number of carbonyl (C=O) groups is 1. The van der Waals surface area contributed by atoms with Crippen LogP contribution in [0.15, 0.2) is 64.6 Å². The lowest BCUT2D eigenvalue weighted by Gasteiger charge is -2.15. The van der Waals surface area contributed by atoms with Crippen LogP contribution in [-0.2, 0) is 11.4 Å². The zero-order valence-electron chi connectivity index (χ0n) is 18.7. The van der Waals surface area contributed by atoms with Crippen molar-refractivity contribution < 1.29 is 19.2 Å². The fourth-order valence-electron chi connectivity index (χ4n) is 3.11. The molecule has 0 unspecified atom stereocenters. The summed E-state index contributed by atoms with van der Waals surface area (Å²) in [6, 6.07) is 16.6. The van der Waals surface area contributed by atoms with Crippen LogP contribution in [0.3, 0.4) is 0 Å². The number of nitrogens with zero attached hydrogens (tertiary/aromatic N) is 2. The lowest BCUT2D eigenvalue weighted by atomic mass is 10.1. The van der Waals surface area contributed by atoms with Crippen molar-refractivity contribution in [2.45, 2.75) is 13.5 Å². The van der Waals surface area contributed by atoms with Crippen molar-refractivity contribution in [2.24, 2.45) is 0 Å². The maximum absolute atomic E-state index is 12.7. The third-order valence-corrected chi connectivity index (χ3v) is 5.89. The summed E-state index contributed by atoms with van der Waals surface area (Å²) < 4.78 is 12.0. The molecular formula is C25H19BrClN3O5. The molecule has 0 aliphatic carbocycles. The van der Waals surface area contributed by atoms with Gasteiger partial charge in [0, 0.05) is 12.1 Å². The first-order chi connectivity index (χ1) is 16.7. The number of aryl methyl sites for hydroxylation is 1. The molecule has 0 atom stereocenters.